The maximum Gasteiger partial charge on any atom is 0.237 e. The minimum absolute atomic E-state index is 0.00771. The lowest BCUT2D eigenvalue weighted by Gasteiger charge is -2.30. The van der Waals surface area contributed by atoms with Gasteiger partial charge in [0.2, 0.25) is 5.91 Å². The summed E-state index contributed by atoms with van der Waals surface area (Å²) >= 11 is 0. The Morgan fingerprint density at radius 3 is 2.62 bits per heavy atom. The van der Waals surface area contributed by atoms with Crippen molar-refractivity contribution in [2.45, 2.75) is 43.7 Å². The highest BCUT2D eigenvalue weighted by molar-refractivity contribution is 5.80. The monoisotopic (exact) mass is 177 g/mol. The van der Waals surface area contributed by atoms with Gasteiger partial charge in [-0.3, -0.25) is 4.79 Å². The smallest absolute Gasteiger partial charge is 0.237 e. The maximum atomic E-state index is 11.6. The van der Waals surface area contributed by atoms with Crippen molar-refractivity contribution in [2.75, 3.05) is 0 Å². The number of nitriles is 1. The van der Waals surface area contributed by atoms with E-state index in [9.17, 15) is 4.79 Å². The number of carbonyl (C=O) groups excluding carboxylic acids is 1. The molecular weight excluding hydrogens is 164 g/mol. The van der Waals surface area contributed by atoms with Gasteiger partial charge in [-0.1, -0.05) is 0 Å². The van der Waals surface area contributed by atoms with Crippen LogP contribution in [0, 0.1) is 18.3 Å². The lowest BCUT2D eigenvalue weighted by Crippen LogP contribution is -2.42. The molecule has 0 unspecified atom stereocenters. The van der Waals surface area contributed by atoms with Crippen LogP contribution in [0.4, 0.5) is 0 Å². The second kappa shape index (κ2) is 2.73. The van der Waals surface area contributed by atoms with E-state index in [1.165, 1.54) is 0 Å². The van der Waals surface area contributed by atoms with Crippen LogP contribution in [-0.4, -0.2) is 22.4 Å². The molecule has 13 heavy (non-hydrogen) atoms. The predicted octanol–water partition coefficient (Wildman–Crippen LogP) is 1.26. The third kappa shape index (κ3) is 1.13. The molecule has 0 aromatic heterocycles. The Labute approximate surface area is 78.3 Å². The highest BCUT2D eigenvalue weighted by Gasteiger charge is 2.50. The molecule has 2 aliphatic rings. The van der Waals surface area contributed by atoms with Gasteiger partial charge in [-0.05, 0) is 32.6 Å². The normalized spacial score (nSPS) is 36.3. The van der Waals surface area contributed by atoms with E-state index in [-0.39, 0.29) is 17.9 Å². The van der Waals surface area contributed by atoms with E-state index in [1.807, 2.05) is 11.0 Å². The van der Waals surface area contributed by atoms with Crippen LogP contribution in [0.5, 0.6) is 0 Å². The van der Waals surface area contributed by atoms with Gasteiger partial charge >= 0.3 is 0 Å². The summed E-state index contributed by atoms with van der Waals surface area (Å²) in [5, 5.41) is 8.46. The summed E-state index contributed by atoms with van der Waals surface area (Å²) in [5.41, 5.74) is -0.168. The molecule has 3 heteroatoms. The first-order valence-corrected chi connectivity index (χ1v) is 4.72. The van der Waals surface area contributed by atoms with Crippen LogP contribution in [0.25, 0.3) is 0 Å². The highest BCUT2D eigenvalue weighted by Crippen LogP contribution is 2.45. The van der Waals surface area contributed by atoms with Gasteiger partial charge in [0.05, 0.1) is 6.07 Å². The van der Waals surface area contributed by atoms with Crippen LogP contribution < -0.4 is 0 Å². The van der Waals surface area contributed by atoms with Crippen LogP contribution >= 0.6 is 0 Å². The van der Waals surface area contributed by atoms with Gasteiger partial charge in [0, 0.05) is 11.6 Å². The van der Waals surface area contributed by atoms with E-state index in [0.29, 0.717) is 6.04 Å². The van der Waals surface area contributed by atoms with E-state index in [4.69, 9.17) is 5.26 Å². The Morgan fingerprint density at radius 2 is 2.23 bits per heavy atom. The summed E-state index contributed by atoms with van der Waals surface area (Å²) in [4.78, 5) is 13.4. The van der Waals surface area contributed by atoms with Crippen LogP contribution in [0.2, 0.25) is 0 Å². The Bertz CT molecular complexity index is 271. The summed E-state index contributed by atoms with van der Waals surface area (Å²) < 4.78 is 0. The molecule has 1 amide bonds. The first kappa shape index (κ1) is 8.55. The summed E-state index contributed by atoms with van der Waals surface area (Å²) in [6.07, 6.45) is 4.17. The Balaban J connectivity index is 2.17. The lowest BCUT2D eigenvalue weighted by atomic mass is 9.90. The fourth-order valence-electron chi connectivity index (χ4n) is 2.65. The molecule has 2 aliphatic heterocycles. The van der Waals surface area contributed by atoms with Crippen molar-refractivity contribution < 1.29 is 4.79 Å². The number of hydrogen-bond donors (Lipinski definition) is 0. The average molecular weight is 177 g/mol. The topological polar surface area (TPSA) is 44.1 Å². The first-order valence-electron chi connectivity index (χ1n) is 4.72. The first-order chi connectivity index (χ1) is 6.17. The van der Waals surface area contributed by atoms with Gasteiger partial charge in [-0.25, -0.2) is 0 Å². The Morgan fingerprint density at radius 1 is 1.62 bits per heavy atom. The van der Waals surface area contributed by atoms with Crippen molar-refractivity contribution in [3.63, 3.8) is 0 Å². The zero-order valence-corrected chi connectivity index (χ0v) is 7.62. The molecule has 2 saturated heterocycles. The van der Waals surface area contributed by atoms with Gasteiger partial charge in [0.15, 0.2) is 0 Å². The minimum Gasteiger partial charge on any atom is -0.333 e. The zero-order chi connectivity index (χ0) is 9.47. The molecule has 0 N–H and O–H groups in total. The van der Waals surface area contributed by atoms with Crippen molar-refractivity contribution in [3.05, 3.63) is 6.92 Å². The van der Waals surface area contributed by atoms with E-state index in [0.717, 1.165) is 25.7 Å². The summed E-state index contributed by atoms with van der Waals surface area (Å²) in [6, 6.07) is 2.28. The summed E-state index contributed by atoms with van der Waals surface area (Å²) in [6.45, 7) is 4.11. The second-order valence-corrected chi connectivity index (χ2v) is 4.05. The molecule has 0 aromatic rings. The molecule has 2 fully saturated rings. The lowest BCUT2D eigenvalue weighted by molar-refractivity contribution is -0.133. The van der Waals surface area contributed by atoms with E-state index in [2.05, 4.69) is 6.92 Å². The highest BCUT2D eigenvalue weighted by atomic mass is 16.2. The molecule has 1 radical (unpaired) electrons. The van der Waals surface area contributed by atoms with Gasteiger partial charge < -0.3 is 4.90 Å². The van der Waals surface area contributed by atoms with Crippen LogP contribution in [0.1, 0.15) is 32.1 Å². The number of rotatable bonds is 1. The fraction of sp³-hybridized carbons (Fsp3) is 0.700. The standard InChI is InChI=1S/C10H13N2O/c1-10-5-2-8(3-6-10)12(10)9(13)4-7-11/h8H,1-6H2. The maximum absolute atomic E-state index is 11.6. The van der Waals surface area contributed by atoms with Crippen molar-refractivity contribution >= 4 is 5.91 Å². The summed E-state index contributed by atoms with van der Waals surface area (Å²) in [5.74, 6) is -0.0301. The number of nitrogens with zero attached hydrogens (tertiary/aromatic N) is 2. The molecule has 0 saturated carbocycles. The largest absolute Gasteiger partial charge is 0.333 e. The van der Waals surface area contributed by atoms with Gasteiger partial charge in [-0.15, -0.1) is 0 Å². The average Bonchev–Trinajstić information content (AvgIpc) is 2.57. The van der Waals surface area contributed by atoms with Crippen molar-refractivity contribution in [3.8, 4) is 6.07 Å². The third-order valence-electron chi connectivity index (χ3n) is 3.26. The number of hydrogen-bond acceptors (Lipinski definition) is 2. The molecule has 2 rings (SSSR count). The van der Waals surface area contributed by atoms with E-state index < -0.39 is 0 Å². The van der Waals surface area contributed by atoms with Crippen molar-refractivity contribution in [2.24, 2.45) is 0 Å². The molecule has 0 aromatic carbocycles. The molecule has 2 heterocycles. The molecule has 0 aliphatic carbocycles. The van der Waals surface area contributed by atoms with E-state index in [1.54, 1.807) is 0 Å². The zero-order valence-electron chi connectivity index (χ0n) is 7.62. The quantitative estimate of drug-likeness (QED) is 0.605. The Hall–Kier alpha value is -1.04. The number of carbonyl (C=O) groups is 1. The molecule has 0 atom stereocenters. The van der Waals surface area contributed by atoms with Gasteiger partial charge in [0.1, 0.15) is 6.42 Å². The molecule has 2 bridgehead atoms. The molecule has 69 valence electrons. The number of fused-ring (bicyclic) bond motifs is 2. The molecule has 0 spiro atoms. The SMILES string of the molecule is [CH2]C12CCC(CC1)N2C(=O)CC#N. The van der Waals surface area contributed by atoms with Gasteiger partial charge in [0.25, 0.3) is 0 Å². The number of amides is 1. The minimum atomic E-state index is -0.168. The van der Waals surface area contributed by atoms with Crippen molar-refractivity contribution in [1.29, 1.82) is 5.26 Å². The summed E-state index contributed by atoms with van der Waals surface area (Å²) in [7, 11) is 0. The van der Waals surface area contributed by atoms with E-state index >= 15 is 0 Å². The molecular formula is C10H13N2O. The van der Waals surface area contributed by atoms with Crippen LogP contribution in [-0.2, 0) is 4.79 Å². The Kier molecular flexibility index (Phi) is 1.80. The second-order valence-electron chi connectivity index (χ2n) is 4.05. The van der Waals surface area contributed by atoms with Crippen LogP contribution in [0.15, 0.2) is 0 Å². The molecule has 3 nitrogen and oxygen atoms in total. The van der Waals surface area contributed by atoms with Crippen molar-refractivity contribution in [1.82, 2.24) is 4.90 Å². The van der Waals surface area contributed by atoms with Crippen LogP contribution in [0.3, 0.4) is 0 Å². The fourth-order valence-corrected chi connectivity index (χ4v) is 2.65. The predicted molar refractivity (Wildman–Crippen MR) is 47.4 cm³/mol. The van der Waals surface area contributed by atoms with Gasteiger partial charge in [-0.2, -0.15) is 5.26 Å². The third-order valence-corrected chi connectivity index (χ3v) is 3.26.